The maximum absolute atomic E-state index is 13.9. The molecular formula is C30H33ClN4O2. The maximum atomic E-state index is 13.9. The number of rotatable bonds is 10. The number of aromatic nitrogens is 2. The molecule has 1 heterocycles. The number of nitrogens with zero attached hydrogens (tertiary/aromatic N) is 3. The first-order chi connectivity index (χ1) is 17.9. The van der Waals surface area contributed by atoms with Gasteiger partial charge in [-0.25, -0.2) is 4.98 Å². The van der Waals surface area contributed by atoms with Crippen molar-refractivity contribution < 1.29 is 4.79 Å². The molecule has 7 heteroatoms. The predicted octanol–water partition coefficient (Wildman–Crippen LogP) is 5.74. The van der Waals surface area contributed by atoms with Gasteiger partial charge in [0.15, 0.2) is 0 Å². The zero-order chi connectivity index (χ0) is 26.4. The number of amides is 1. The smallest absolute Gasteiger partial charge is 0.261 e. The van der Waals surface area contributed by atoms with Crippen LogP contribution < -0.4 is 11.3 Å². The number of nitrogens with two attached hydrogens (primary N) is 1. The van der Waals surface area contributed by atoms with Gasteiger partial charge in [0.25, 0.3) is 11.5 Å². The number of benzene rings is 3. The molecule has 0 unspecified atom stereocenters. The molecule has 6 nitrogen and oxygen atoms in total. The second kappa shape index (κ2) is 12.2. The Bertz CT molecular complexity index is 1420. The number of hydrogen-bond donors (Lipinski definition) is 1. The van der Waals surface area contributed by atoms with Crippen LogP contribution in [-0.4, -0.2) is 33.4 Å². The Kier molecular flexibility index (Phi) is 8.74. The number of carbonyl (C=O) groups is 1. The van der Waals surface area contributed by atoms with E-state index >= 15 is 0 Å². The number of hydrogen-bond acceptors (Lipinski definition) is 4. The molecule has 192 valence electrons. The predicted molar refractivity (Wildman–Crippen MR) is 150 cm³/mol. The topological polar surface area (TPSA) is 81.2 Å². The summed E-state index contributed by atoms with van der Waals surface area (Å²) in [5.74, 6) is 0.460. The normalized spacial score (nSPS) is 12.0. The first kappa shape index (κ1) is 26.6. The van der Waals surface area contributed by atoms with Crippen LogP contribution in [0, 0.1) is 6.92 Å². The third kappa shape index (κ3) is 6.09. The van der Waals surface area contributed by atoms with Crippen LogP contribution in [-0.2, 0) is 6.54 Å². The van der Waals surface area contributed by atoms with Gasteiger partial charge in [-0.2, -0.15) is 0 Å². The summed E-state index contributed by atoms with van der Waals surface area (Å²) < 4.78 is 1.71. The van der Waals surface area contributed by atoms with Crippen molar-refractivity contribution in [3.63, 3.8) is 0 Å². The Balaban J connectivity index is 1.91. The third-order valence-corrected chi connectivity index (χ3v) is 6.76. The van der Waals surface area contributed by atoms with Crippen molar-refractivity contribution in [3.8, 4) is 0 Å². The van der Waals surface area contributed by atoms with E-state index in [0.29, 0.717) is 59.8 Å². The summed E-state index contributed by atoms with van der Waals surface area (Å²) in [5.41, 5.74) is 8.92. The SMILES string of the molecule is CCC[C@H](c1nc2cc(Cl)ccc2c(=O)n1Cc1ccccc1)N(CCCN)C(=O)c1ccc(C)cc1. The van der Waals surface area contributed by atoms with E-state index in [1.54, 1.807) is 22.8 Å². The minimum absolute atomic E-state index is 0.0985. The quantitative estimate of drug-likeness (QED) is 0.291. The standard InChI is InChI=1S/C30H33ClN4O2/c1-3-8-27(34(18-7-17-32)29(36)23-13-11-21(2)12-14-23)28-33-26-19-24(31)15-16-25(26)30(37)35(28)20-22-9-5-4-6-10-22/h4-6,9-16,19,27H,3,7-8,17-18,20,32H2,1-2H3/t27-/m1/s1. The van der Waals surface area contributed by atoms with E-state index in [2.05, 4.69) is 6.92 Å². The highest BCUT2D eigenvalue weighted by Crippen LogP contribution is 2.28. The molecule has 1 atom stereocenters. The summed E-state index contributed by atoms with van der Waals surface area (Å²) in [6, 6.07) is 22.1. The number of carbonyl (C=O) groups excluding carboxylic acids is 1. The fourth-order valence-corrected chi connectivity index (χ4v) is 4.77. The Hall–Kier alpha value is -3.48. The van der Waals surface area contributed by atoms with Crippen molar-refractivity contribution in [2.24, 2.45) is 5.73 Å². The van der Waals surface area contributed by atoms with E-state index in [-0.39, 0.29) is 11.5 Å². The lowest BCUT2D eigenvalue weighted by Crippen LogP contribution is -2.40. The molecule has 0 spiro atoms. The average molecular weight is 517 g/mol. The van der Waals surface area contributed by atoms with Crippen LogP contribution in [0.2, 0.25) is 5.02 Å². The van der Waals surface area contributed by atoms with E-state index in [1.165, 1.54) is 0 Å². The fourth-order valence-electron chi connectivity index (χ4n) is 4.60. The van der Waals surface area contributed by atoms with Gasteiger partial charge < -0.3 is 10.6 Å². The van der Waals surface area contributed by atoms with Crippen molar-refractivity contribution in [2.45, 2.75) is 45.7 Å². The average Bonchev–Trinajstić information content (AvgIpc) is 2.90. The van der Waals surface area contributed by atoms with Crippen LogP contribution in [0.1, 0.15) is 59.5 Å². The molecule has 37 heavy (non-hydrogen) atoms. The molecule has 1 amide bonds. The minimum atomic E-state index is -0.412. The van der Waals surface area contributed by atoms with Gasteiger partial charge in [-0.3, -0.25) is 14.2 Å². The highest BCUT2D eigenvalue weighted by Gasteiger charge is 2.30. The molecule has 2 N–H and O–H groups in total. The number of fused-ring (bicyclic) bond motifs is 1. The summed E-state index contributed by atoms with van der Waals surface area (Å²) in [7, 11) is 0. The Morgan fingerprint density at radius 2 is 1.81 bits per heavy atom. The van der Waals surface area contributed by atoms with Crippen molar-refractivity contribution >= 4 is 28.4 Å². The molecule has 0 radical (unpaired) electrons. The van der Waals surface area contributed by atoms with Crippen LogP contribution in [0.25, 0.3) is 10.9 Å². The second-order valence-electron chi connectivity index (χ2n) is 9.32. The van der Waals surface area contributed by atoms with Crippen LogP contribution in [0.15, 0.2) is 77.6 Å². The number of halogens is 1. The minimum Gasteiger partial charge on any atom is -0.330 e. The van der Waals surface area contributed by atoms with Crippen molar-refractivity contribution in [2.75, 3.05) is 13.1 Å². The largest absolute Gasteiger partial charge is 0.330 e. The van der Waals surface area contributed by atoms with Crippen LogP contribution in [0.5, 0.6) is 0 Å². The van der Waals surface area contributed by atoms with Crippen molar-refractivity contribution in [1.82, 2.24) is 14.5 Å². The molecular weight excluding hydrogens is 484 g/mol. The maximum Gasteiger partial charge on any atom is 0.261 e. The van der Waals surface area contributed by atoms with E-state index < -0.39 is 6.04 Å². The van der Waals surface area contributed by atoms with Gasteiger partial charge >= 0.3 is 0 Å². The highest BCUT2D eigenvalue weighted by molar-refractivity contribution is 6.31. The molecule has 4 aromatic rings. The van der Waals surface area contributed by atoms with Gasteiger partial charge in [-0.05, 0) is 62.2 Å². The van der Waals surface area contributed by atoms with Crippen LogP contribution in [0.3, 0.4) is 0 Å². The van der Waals surface area contributed by atoms with Gasteiger partial charge in [0.05, 0.1) is 23.5 Å². The summed E-state index contributed by atoms with van der Waals surface area (Å²) >= 11 is 6.28. The Labute approximate surface area is 222 Å². The molecule has 4 rings (SSSR count). The molecule has 0 fully saturated rings. The molecule has 0 aliphatic heterocycles. The molecule has 0 saturated heterocycles. The zero-order valence-electron chi connectivity index (χ0n) is 21.4. The third-order valence-electron chi connectivity index (χ3n) is 6.53. The van der Waals surface area contributed by atoms with Gasteiger partial charge in [-0.1, -0.05) is 73.0 Å². The van der Waals surface area contributed by atoms with E-state index in [9.17, 15) is 9.59 Å². The molecule has 0 saturated carbocycles. The first-order valence-corrected chi connectivity index (χ1v) is 13.1. The Morgan fingerprint density at radius 3 is 2.49 bits per heavy atom. The van der Waals surface area contributed by atoms with Gasteiger partial charge in [0.1, 0.15) is 5.82 Å². The molecule has 0 bridgehead atoms. The van der Waals surface area contributed by atoms with Crippen molar-refractivity contribution in [1.29, 1.82) is 0 Å². The lowest BCUT2D eigenvalue weighted by atomic mass is 10.0. The van der Waals surface area contributed by atoms with Gasteiger partial charge in [0, 0.05) is 17.1 Å². The van der Waals surface area contributed by atoms with E-state index in [4.69, 9.17) is 22.3 Å². The van der Waals surface area contributed by atoms with Gasteiger partial charge in [0.2, 0.25) is 0 Å². The van der Waals surface area contributed by atoms with E-state index in [1.807, 2.05) is 66.4 Å². The summed E-state index contributed by atoms with van der Waals surface area (Å²) in [5, 5.41) is 1.01. The van der Waals surface area contributed by atoms with Crippen molar-refractivity contribution in [3.05, 3.63) is 111 Å². The Morgan fingerprint density at radius 1 is 1.08 bits per heavy atom. The molecule has 1 aromatic heterocycles. The second-order valence-corrected chi connectivity index (χ2v) is 9.76. The fraction of sp³-hybridized carbons (Fsp3) is 0.300. The number of aryl methyl sites for hydroxylation is 1. The summed E-state index contributed by atoms with van der Waals surface area (Å²) in [4.78, 5) is 34.5. The zero-order valence-corrected chi connectivity index (χ0v) is 22.1. The summed E-state index contributed by atoms with van der Waals surface area (Å²) in [6.45, 7) is 5.33. The van der Waals surface area contributed by atoms with Crippen LogP contribution in [0.4, 0.5) is 0 Å². The first-order valence-electron chi connectivity index (χ1n) is 12.7. The van der Waals surface area contributed by atoms with Gasteiger partial charge in [-0.15, -0.1) is 0 Å². The summed E-state index contributed by atoms with van der Waals surface area (Å²) in [6.07, 6.45) is 2.09. The molecule has 0 aliphatic rings. The lowest BCUT2D eigenvalue weighted by Gasteiger charge is -2.33. The highest BCUT2D eigenvalue weighted by atomic mass is 35.5. The monoisotopic (exact) mass is 516 g/mol. The molecule has 0 aliphatic carbocycles. The van der Waals surface area contributed by atoms with E-state index in [0.717, 1.165) is 17.5 Å². The molecule has 3 aromatic carbocycles. The lowest BCUT2D eigenvalue weighted by molar-refractivity contribution is 0.0649. The van der Waals surface area contributed by atoms with Crippen LogP contribution >= 0.6 is 11.6 Å².